The highest BCUT2D eigenvalue weighted by Crippen LogP contribution is 2.17. The highest BCUT2D eigenvalue weighted by molar-refractivity contribution is 5.23. The van der Waals surface area contributed by atoms with Gasteiger partial charge in [0.1, 0.15) is 0 Å². The van der Waals surface area contributed by atoms with Gasteiger partial charge in [-0.05, 0) is 19.4 Å². The van der Waals surface area contributed by atoms with Crippen LogP contribution in [-0.2, 0) is 6.54 Å². The standard InChI is InChI=1S/C12H22N4O/c1-2-13-10-11-14-15-12(17-11)16-8-6-4-3-5-7-9-16/h13H,2-10H2,1H3. The minimum Gasteiger partial charge on any atom is -0.407 e. The van der Waals surface area contributed by atoms with Crippen molar-refractivity contribution in [1.82, 2.24) is 15.5 Å². The highest BCUT2D eigenvalue weighted by atomic mass is 16.4. The summed E-state index contributed by atoms with van der Waals surface area (Å²) in [6.45, 7) is 5.74. The first kappa shape index (κ1) is 12.4. The number of anilines is 1. The molecular weight excluding hydrogens is 216 g/mol. The second-order valence-corrected chi connectivity index (χ2v) is 4.51. The number of aromatic nitrogens is 2. The highest BCUT2D eigenvalue weighted by Gasteiger charge is 2.15. The van der Waals surface area contributed by atoms with Crippen LogP contribution < -0.4 is 10.2 Å². The van der Waals surface area contributed by atoms with E-state index >= 15 is 0 Å². The lowest BCUT2D eigenvalue weighted by Gasteiger charge is -2.22. The van der Waals surface area contributed by atoms with Gasteiger partial charge in [0.25, 0.3) is 0 Å². The molecule has 2 heterocycles. The number of hydrogen-bond acceptors (Lipinski definition) is 5. The summed E-state index contributed by atoms with van der Waals surface area (Å²) in [6, 6.07) is 0.694. The smallest absolute Gasteiger partial charge is 0.318 e. The number of nitrogens with one attached hydrogen (secondary N) is 1. The van der Waals surface area contributed by atoms with Gasteiger partial charge >= 0.3 is 6.01 Å². The van der Waals surface area contributed by atoms with Crippen molar-refractivity contribution in [3.63, 3.8) is 0 Å². The van der Waals surface area contributed by atoms with Crippen LogP contribution >= 0.6 is 0 Å². The van der Waals surface area contributed by atoms with E-state index in [1.54, 1.807) is 0 Å². The fraction of sp³-hybridized carbons (Fsp3) is 0.833. The molecule has 0 unspecified atom stereocenters. The molecule has 1 aromatic heterocycles. The Kier molecular flexibility index (Phi) is 4.79. The predicted octanol–water partition coefficient (Wildman–Crippen LogP) is 1.95. The van der Waals surface area contributed by atoms with Gasteiger partial charge in [0, 0.05) is 13.1 Å². The Morgan fingerprint density at radius 2 is 1.82 bits per heavy atom. The molecule has 17 heavy (non-hydrogen) atoms. The lowest BCUT2D eigenvalue weighted by atomic mass is 10.1. The van der Waals surface area contributed by atoms with Gasteiger partial charge in [-0.2, -0.15) is 0 Å². The molecule has 0 amide bonds. The Hall–Kier alpha value is -1.10. The maximum Gasteiger partial charge on any atom is 0.318 e. The van der Waals surface area contributed by atoms with E-state index in [2.05, 4.69) is 27.3 Å². The summed E-state index contributed by atoms with van der Waals surface area (Å²) in [5.74, 6) is 0.684. The normalized spacial score (nSPS) is 17.8. The second-order valence-electron chi connectivity index (χ2n) is 4.51. The van der Waals surface area contributed by atoms with Crippen LogP contribution in [0.4, 0.5) is 6.01 Å². The average Bonchev–Trinajstić information content (AvgIpc) is 2.74. The van der Waals surface area contributed by atoms with E-state index < -0.39 is 0 Å². The third-order valence-corrected chi connectivity index (χ3v) is 3.11. The quantitative estimate of drug-likeness (QED) is 0.869. The Morgan fingerprint density at radius 3 is 2.53 bits per heavy atom. The van der Waals surface area contributed by atoms with E-state index in [1.165, 1.54) is 32.1 Å². The minimum absolute atomic E-state index is 0.664. The lowest BCUT2D eigenvalue weighted by Crippen LogP contribution is -2.27. The molecule has 0 radical (unpaired) electrons. The van der Waals surface area contributed by atoms with Crippen LogP contribution in [0.1, 0.15) is 44.9 Å². The monoisotopic (exact) mass is 238 g/mol. The topological polar surface area (TPSA) is 54.2 Å². The van der Waals surface area contributed by atoms with Gasteiger partial charge in [-0.3, -0.25) is 0 Å². The van der Waals surface area contributed by atoms with Gasteiger partial charge in [0.2, 0.25) is 5.89 Å². The molecular formula is C12H22N4O. The van der Waals surface area contributed by atoms with Crippen LogP contribution in [0.15, 0.2) is 4.42 Å². The van der Waals surface area contributed by atoms with Gasteiger partial charge in [-0.25, -0.2) is 0 Å². The minimum atomic E-state index is 0.664. The number of nitrogens with zero attached hydrogens (tertiary/aromatic N) is 3. The fourth-order valence-corrected chi connectivity index (χ4v) is 2.11. The van der Waals surface area contributed by atoms with Gasteiger partial charge in [0.05, 0.1) is 6.54 Å². The van der Waals surface area contributed by atoms with Gasteiger partial charge in [0.15, 0.2) is 0 Å². The van der Waals surface area contributed by atoms with Crippen LogP contribution in [-0.4, -0.2) is 29.8 Å². The van der Waals surface area contributed by atoms with Crippen LogP contribution in [0.3, 0.4) is 0 Å². The third kappa shape index (κ3) is 3.70. The summed E-state index contributed by atoms with van der Waals surface area (Å²) < 4.78 is 5.66. The summed E-state index contributed by atoms with van der Waals surface area (Å²) in [6.07, 6.45) is 6.45. The largest absolute Gasteiger partial charge is 0.407 e. The van der Waals surface area contributed by atoms with Gasteiger partial charge < -0.3 is 14.6 Å². The molecule has 0 bridgehead atoms. The molecule has 1 saturated heterocycles. The maximum atomic E-state index is 5.66. The van der Waals surface area contributed by atoms with Gasteiger partial charge in [-0.1, -0.05) is 31.3 Å². The van der Waals surface area contributed by atoms with Crippen molar-refractivity contribution in [1.29, 1.82) is 0 Å². The van der Waals surface area contributed by atoms with Crippen molar-refractivity contribution >= 4 is 6.01 Å². The van der Waals surface area contributed by atoms with E-state index in [9.17, 15) is 0 Å². The molecule has 0 aromatic carbocycles. The number of hydrogen-bond donors (Lipinski definition) is 1. The Labute approximate surface area is 103 Å². The van der Waals surface area contributed by atoms with Crippen LogP contribution in [0.2, 0.25) is 0 Å². The summed E-state index contributed by atoms with van der Waals surface area (Å²) in [5.41, 5.74) is 0. The average molecular weight is 238 g/mol. The molecule has 0 saturated carbocycles. The van der Waals surface area contributed by atoms with Crippen molar-refractivity contribution in [3.8, 4) is 0 Å². The molecule has 0 atom stereocenters. The Balaban J connectivity index is 1.92. The molecule has 1 aliphatic rings. The van der Waals surface area contributed by atoms with E-state index in [-0.39, 0.29) is 0 Å². The lowest BCUT2D eigenvalue weighted by molar-refractivity contribution is 0.451. The van der Waals surface area contributed by atoms with Crippen molar-refractivity contribution in [3.05, 3.63) is 5.89 Å². The molecule has 5 nitrogen and oxygen atoms in total. The summed E-state index contributed by atoms with van der Waals surface area (Å²) in [7, 11) is 0. The van der Waals surface area contributed by atoms with Crippen molar-refractivity contribution in [2.45, 2.75) is 45.6 Å². The molecule has 1 aliphatic heterocycles. The molecule has 1 fully saturated rings. The molecule has 0 aliphatic carbocycles. The summed E-state index contributed by atoms with van der Waals surface area (Å²) in [5, 5.41) is 11.4. The molecule has 2 rings (SSSR count). The van der Waals surface area contributed by atoms with E-state index in [0.29, 0.717) is 18.5 Å². The van der Waals surface area contributed by atoms with E-state index in [1.807, 2.05) is 0 Å². The Bertz CT molecular complexity index is 318. The third-order valence-electron chi connectivity index (χ3n) is 3.11. The zero-order valence-corrected chi connectivity index (χ0v) is 10.6. The zero-order chi connectivity index (χ0) is 11.9. The predicted molar refractivity (Wildman–Crippen MR) is 67.0 cm³/mol. The van der Waals surface area contributed by atoms with E-state index in [4.69, 9.17) is 4.42 Å². The number of rotatable bonds is 4. The molecule has 0 spiro atoms. The summed E-state index contributed by atoms with van der Waals surface area (Å²) in [4.78, 5) is 2.22. The Morgan fingerprint density at radius 1 is 1.12 bits per heavy atom. The molecule has 5 heteroatoms. The zero-order valence-electron chi connectivity index (χ0n) is 10.6. The van der Waals surface area contributed by atoms with Crippen molar-refractivity contribution in [2.75, 3.05) is 24.5 Å². The van der Waals surface area contributed by atoms with Crippen LogP contribution in [0, 0.1) is 0 Å². The van der Waals surface area contributed by atoms with Crippen molar-refractivity contribution in [2.24, 2.45) is 0 Å². The van der Waals surface area contributed by atoms with Crippen molar-refractivity contribution < 1.29 is 4.42 Å². The fourth-order valence-electron chi connectivity index (χ4n) is 2.11. The first-order valence-corrected chi connectivity index (χ1v) is 6.68. The molecule has 96 valence electrons. The SMILES string of the molecule is CCNCc1nnc(N2CCCCCCC2)o1. The van der Waals surface area contributed by atoms with Gasteiger partial charge in [-0.15, -0.1) is 5.10 Å². The molecule has 1 aromatic rings. The van der Waals surface area contributed by atoms with Crippen LogP contribution in [0.25, 0.3) is 0 Å². The summed E-state index contributed by atoms with van der Waals surface area (Å²) >= 11 is 0. The molecule has 1 N–H and O–H groups in total. The first-order chi connectivity index (χ1) is 8.40. The van der Waals surface area contributed by atoms with Crippen LogP contribution in [0.5, 0.6) is 0 Å². The second kappa shape index (κ2) is 6.59. The first-order valence-electron chi connectivity index (χ1n) is 6.68. The maximum absolute atomic E-state index is 5.66. The van der Waals surface area contributed by atoms with E-state index in [0.717, 1.165) is 19.6 Å².